The third-order valence-electron chi connectivity index (χ3n) is 3.03. The topological polar surface area (TPSA) is 20.2 Å². The van der Waals surface area contributed by atoms with Crippen LogP contribution >= 0.6 is 15.9 Å². The van der Waals surface area contributed by atoms with E-state index in [0.29, 0.717) is 12.0 Å². The van der Waals surface area contributed by atoms with E-state index in [1.807, 2.05) is 12.1 Å². The largest absolute Gasteiger partial charge is 0.390 e. The van der Waals surface area contributed by atoms with Gasteiger partial charge >= 0.3 is 0 Å². The lowest BCUT2D eigenvalue weighted by Crippen LogP contribution is -2.13. The highest BCUT2D eigenvalue weighted by molar-refractivity contribution is 9.10. The van der Waals surface area contributed by atoms with E-state index in [9.17, 15) is 9.50 Å². The molecule has 0 bridgehead atoms. The molecule has 0 heterocycles. The number of halogens is 2. The van der Waals surface area contributed by atoms with Crippen molar-refractivity contribution in [3.63, 3.8) is 0 Å². The summed E-state index contributed by atoms with van der Waals surface area (Å²) in [5.41, 5.74) is -0.126. The summed E-state index contributed by atoms with van der Waals surface area (Å²) in [5, 5.41) is 9.81. The third-order valence-corrected chi connectivity index (χ3v) is 3.69. The first-order chi connectivity index (χ1) is 7.30. The van der Waals surface area contributed by atoms with Crippen molar-refractivity contribution >= 4 is 15.9 Å². The summed E-state index contributed by atoms with van der Waals surface area (Å²) in [6.07, 6.45) is 2.42. The van der Waals surface area contributed by atoms with Crippen LogP contribution in [0.15, 0.2) is 22.7 Å². The maximum absolute atomic E-state index is 13.8. The highest BCUT2D eigenvalue weighted by atomic mass is 79.9. The minimum Gasteiger partial charge on any atom is -0.390 e. The molecule has 1 fully saturated rings. The van der Waals surface area contributed by atoms with Crippen LogP contribution < -0.4 is 0 Å². The summed E-state index contributed by atoms with van der Waals surface area (Å²) in [7, 11) is 0. The van der Waals surface area contributed by atoms with Crippen molar-refractivity contribution < 1.29 is 9.50 Å². The molecule has 1 nitrogen and oxygen atoms in total. The van der Waals surface area contributed by atoms with Crippen LogP contribution in [0.2, 0.25) is 0 Å². The second-order valence-corrected chi connectivity index (χ2v) is 6.04. The lowest BCUT2D eigenvalue weighted by atomic mass is 9.97. The summed E-state index contributed by atoms with van der Waals surface area (Å²) >= 11 is 3.39. The van der Waals surface area contributed by atoms with Crippen LogP contribution in [0.1, 0.15) is 37.8 Å². The molecule has 3 heteroatoms. The summed E-state index contributed by atoms with van der Waals surface area (Å²) in [6.45, 7) is 3.09. The lowest BCUT2D eigenvalue weighted by molar-refractivity contribution is 0.151. The van der Waals surface area contributed by atoms with Gasteiger partial charge < -0.3 is 5.11 Å². The fourth-order valence-corrected chi connectivity index (χ4v) is 2.75. The van der Waals surface area contributed by atoms with E-state index in [1.54, 1.807) is 19.9 Å². The van der Waals surface area contributed by atoms with Crippen molar-refractivity contribution in [3.8, 4) is 0 Å². The van der Waals surface area contributed by atoms with E-state index in [2.05, 4.69) is 15.9 Å². The standard InChI is InChI=1S/C13H16BrFO/c1-12(2,15)10-4-3-9(7-11(10)14)8-13(16)5-6-13/h3-4,7,16H,5-6,8H2,1-2H3. The number of benzene rings is 1. The molecule has 2 rings (SSSR count). The van der Waals surface area contributed by atoms with Crippen LogP contribution in [0.3, 0.4) is 0 Å². The van der Waals surface area contributed by atoms with E-state index in [4.69, 9.17) is 0 Å². The van der Waals surface area contributed by atoms with Crippen molar-refractivity contribution in [1.29, 1.82) is 0 Å². The van der Waals surface area contributed by atoms with Crippen molar-refractivity contribution in [3.05, 3.63) is 33.8 Å². The first-order valence-electron chi connectivity index (χ1n) is 5.50. The Kier molecular flexibility index (Phi) is 2.87. The summed E-state index contributed by atoms with van der Waals surface area (Å²) in [5.74, 6) is 0. The van der Waals surface area contributed by atoms with Crippen LogP contribution in [0.5, 0.6) is 0 Å². The molecule has 0 radical (unpaired) electrons. The molecule has 0 saturated heterocycles. The van der Waals surface area contributed by atoms with Crippen LogP contribution in [-0.2, 0) is 12.1 Å². The highest BCUT2D eigenvalue weighted by Gasteiger charge is 2.40. The van der Waals surface area contributed by atoms with Crippen molar-refractivity contribution in [2.45, 2.75) is 44.4 Å². The Hall–Kier alpha value is -0.410. The second-order valence-electron chi connectivity index (χ2n) is 5.19. The van der Waals surface area contributed by atoms with Crippen molar-refractivity contribution in [2.75, 3.05) is 0 Å². The first kappa shape index (κ1) is 12.1. The number of alkyl halides is 1. The minimum atomic E-state index is -1.34. The number of hydrogen-bond acceptors (Lipinski definition) is 1. The monoisotopic (exact) mass is 286 g/mol. The fraction of sp³-hybridized carbons (Fsp3) is 0.538. The Bertz CT molecular complexity index is 405. The Labute approximate surface area is 104 Å². The molecule has 1 aromatic rings. The molecule has 1 aliphatic carbocycles. The van der Waals surface area contributed by atoms with Gasteiger partial charge in [-0.1, -0.05) is 28.1 Å². The number of rotatable bonds is 3. The van der Waals surface area contributed by atoms with Crippen LogP contribution in [0.4, 0.5) is 4.39 Å². The smallest absolute Gasteiger partial charge is 0.131 e. The number of hydrogen-bond donors (Lipinski definition) is 1. The van der Waals surface area contributed by atoms with E-state index in [0.717, 1.165) is 22.9 Å². The van der Waals surface area contributed by atoms with Gasteiger partial charge in [0, 0.05) is 16.5 Å². The maximum atomic E-state index is 13.8. The molecule has 1 aliphatic rings. The molecule has 0 aromatic heterocycles. The summed E-state index contributed by atoms with van der Waals surface area (Å²) in [6, 6.07) is 5.61. The molecule has 0 spiro atoms. The van der Waals surface area contributed by atoms with Gasteiger partial charge in [0.15, 0.2) is 0 Å². The molecule has 0 aliphatic heterocycles. The quantitative estimate of drug-likeness (QED) is 0.898. The Morgan fingerprint density at radius 3 is 2.50 bits per heavy atom. The molecule has 0 unspecified atom stereocenters. The molecule has 1 aromatic carbocycles. The molecular weight excluding hydrogens is 271 g/mol. The van der Waals surface area contributed by atoms with Crippen molar-refractivity contribution in [1.82, 2.24) is 0 Å². The normalized spacial score (nSPS) is 18.6. The summed E-state index contributed by atoms with van der Waals surface area (Å²) in [4.78, 5) is 0. The van der Waals surface area contributed by atoms with Gasteiger partial charge in [-0.15, -0.1) is 0 Å². The highest BCUT2D eigenvalue weighted by Crippen LogP contribution is 2.39. The Morgan fingerprint density at radius 2 is 2.06 bits per heavy atom. The molecule has 1 saturated carbocycles. The zero-order chi connectivity index (χ0) is 12.0. The predicted octanol–water partition coefficient (Wildman–Crippen LogP) is 3.72. The average Bonchev–Trinajstić information content (AvgIpc) is 2.80. The predicted molar refractivity (Wildman–Crippen MR) is 66.2 cm³/mol. The zero-order valence-electron chi connectivity index (χ0n) is 9.56. The van der Waals surface area contributed by atoms with Gasteiger partial charge in [-0.3, -0.25) is 0 Å². The van der Waals surface area contributed by atoms with E-state index in [1.165, 1.54) is 0 Å². The Balaban J connectivity index is 2.22. The van der Waals surface area contributed by atoms with Crippen LogP contribution in [0.25, 0.3) is 0 Å². The minimum absolute atomic E-state index is 0.494. The average molecular weight is 287 g/mol. The molecule has 16 heavy (non-hydrogen) atoms. The summed E-state index contributed by atoms with van der Waals surface area (Å²) < 4.78 is 14.6. The second kappa shape index (κ2) is 3.81. The van der Waals surface area contributed by atoms with E-state index >= 15 is 0 Å². The third kappa shape index (κ3) is 2.64. The maximum Gasteiger partial charge on any atom is 0.131 e. The molecule has 1 N–H and O–H groups in total. The first-order valence-corrected chi connectivity index (χ1v) is 6.30. The Morgan fingerprint density at radius 1 is 1.44 bits per heavy atom. The van der Waals surface area contributed by atoms with Gasteiger partial charge in [-0.2, -0.15) is 0 Å². The van der Waals surface area contributed by atoms with Gasteiger partial charge in [-0.05, 0) is 38.3 Å². The molecule has 88 valence electrons. The van der Waals surface area contributed by atoms with Gasteiger partial charge in [-0.25, -0.2) is 4.39 Å². The molecular formula is C13H16BrFO. The van der Waals surface area contributed by atoms with Gasteiger partial charge in [0.1, 0.15) is 5.67 Å². The molecule has 0 atom stereocenters. The van der Waals surface area contributed by atoms with E-state index in [-0.39, 0.29) is 0 Å². The van der Waals surface area contributed by atoms with Crippen LogP contribution in [-0.4, -0.2) is 10.7 Å². The fourth-order valence-electron chi connectivity index (χ4n) is 1.85. The van der Waals surface area contributed by atoms with Crippen molar-refractivity contribution in [2.24, 2.45) is 0 Å². The number of aliphatic hydroxyl groups is 1. The SMILES string of the molecule is CC(C)(F)c1ccc(CC2(O)CC2)cc1Br. The van der Waals surface area contributed by atoms with Gasteiger partial charge in [0.05, 0.1) is 5.60 Å². The van der Waals surface area contributed by atoms with Gasteiger partial charge in [0.2, 0.25) is 0 Å². The zero-order valence-corrected chi connectivity index (χ0v) is 11.1. The van der Waals surface area contributed by atoms with E-state index < -0.39 is 11.3 Å². The lowest BCUT2D eigenvalue weighted by Gasteiger charge is -2.18. The van der Waals surface area contributed by atoms with Crippen LogP contribution in [0, 0.1) is 0 Å². The molecule has 0 amide bonds. The van der Waals surface area contributed by atoms with Gasteiger partial charge in [0.25, 0.3) is 0 Å².